The van der Waals surface area contributed by atoms with E-state index in [9.17, 15) is 0 Å². The minimum atomic E-state index is 0.932. The molecule has 148 valence electrons. The summed E-state index contributed by atoms with van der Waals surface area (Å²) >= 11 is 0. The maximum atomic E-state index is 4.64. The van der Waals surface area contributed by atoms with Gasteiger partial charge >= 0.3 is 0 Å². The van der Waals surface area contributed by atoms with E-state index in [0.29, 0.717) is 0 Å². The Morgan fingerprint density at radius 1 is 0.767 bits per heavy atom. The number of pyridine rings is 2. The number of nitrogens with zero attached hydrogens (tertiary/aromatic N) is 4. The molecule has 0 aliphatic carbocycles. The van der Waals surface area contributed by atoms with E-state index in [0.717, 1.165) is 52.0 Å². The molecule has 0 saturated carbocycles. The highest BCUT2D eigenvalue weighted by Gasteiger charge is 2.17. The smallest absolute Gasteiger partial charge is 0.116 e. The molecule has 2 N–H and O–H groups in total. The molecule has 1 aliphatic heterocycles. The number of nitrogens with one attached hydrogen (secondary N) is 2. The number of piperidine rings is 1. The summed E-state index contributed by atoms with van der Waals surface area (Å²) < 4.78 is 0. The average Bonchev–Trinajstić information content (AvgIpc) is 3.43. The van der Waals surface area contributed by atoms with Crippen molar-refractivity contribution in [3.63, 3.8) is 0 Å². The van der Waals surface area contributed by atoms with E-state index in [1.54, 1.807) is 0 Å². The van der Waals surface area contributed by atoms with Gasteiger partial charge in [0.2, 0.25) is 0 Å². The third-order valence-electron chi connectivity index (χ3n) is 6.05. The highest BCUT2D eigenvalue weighted by molar-refractivity contribution is 6.00. The number of aromatic nitrogens is 5. The van der Waals surface area contributed by atoms with Crippen molar-refractivity contribution in [1.29, 1.82) is 0 Å². The molecule has 0 spiro atoms. The van der Waals surface area contributed by atoms with Crippen LogP contribution in [0.15, 0.2) is 61.2 Å². The second kappa shape index (κ2) is 6.99. The predicted octanol–water partition coefficient (Wildman–Crippen LogP) is 5.16. The van der Waals surface area contributed by atoms with E-state index < -0.39 is 0 Å². The molecule has 0 atom stereocenters. The molecule has 0 unspecified atom stereocenters. The first-order chi connectivity index (χ1) is 14.9. The molecular weight excluding hydrogens is 372 g/mol. The zero-order valence-corrected chi connectivity index (χ0v) is 16.6. The van der Waals surface area contributed by atoms with Crippen LogP contribution < -0.4 is 4.90 Å². The second-order valence-electron chi connectivity index (χ2n) is 7.92. The van der Waals surface area contributed by atoms with Gasteiger partial charge in [0.15, 0.2) is 0 Å². The number of fused-ring (bicyclic) bond motifs is 2. The summed E-state index contributed by atoms with van der Waals surface area (Å²) in [6, 6.07) is 12.7. The van der Waals surface area contributed by atoms with Crippen LogP contribution in [-0.4, -0.2) is 38.2 Å². The van der Waals surface area contributed by atoms with Crippen molar-refractivity contribution >= 4 is 27.5 Å². The van der Waals surface area contributed by atoms with Gasteiger partial charge in [-0.3, -0.25) is 15.1 Å². The van der Waals surface area contributed by atoms with Crippen molar-refractivity contribution in [2.45, 2.75) is 19.3 Å². The van der Waals surface area contributed by atoms with Gasteiger partial charge in [-0.1, -0.05) is 6.07 Å². The van der Waals surface area contributed by atoms with Gasteiger partial charge in [-0.25, -0.2) is 0 Å². The quantitative estimate of drug-likeness (QED) is 0.443. The number of hydrogen-bond acceptors (Lipinski definition) is 4. The van der Waals surface area contributed by atoms with E-state index in [1.807, 2.05) is 36.9 Å². The summed E-state index contributed by atoms with van der Waals surface area (Å²) in [5.74, 6) is 0. The van der Waals surface area contributed by atoms with Crippen LogP contribution >= 0.6 is 0 Å². The summed E-state index contributed by atoms with van der Waals surface area (Å²) in [5.41, 5.74) is 7.53. The summed E-state index contributed by atoms with van der Waals surface area (Å²) in [6.45, 7) is 2.20. The van der Waals surface area contributed by atoms with Crippen molar-refractivity contribution in [2.75, 3.05) is 18.0 Å². The Hall–Kier alpha value is -3.67. The molecule has 4 aromatic heterocycles. The Balaban J connectivity index is 1.47. The molecule has 5 heterocycles. The van der Waals surface area contributed by atoms with Crippen molar-refractivity contribution in [2.24, 2.45) is 0 Å². The van der Waals surface area contributed by atoms with Crippen LogP contribution in [0.2, 0.25) is 0 Å². The Morgan fingerprint density at radius 2 is 1.63 bits per heavy atom. The summed E-state index contributed by atoms with van der Waals surface area (Å²) in [7, 11) is 0. The van der Waals surface area contributed by atoms with Crippen molar-refractivity contribution in [3.8, 4) is 22.5 Å². The minimum Gasteiger partial charge on any atom is -0.370 e. The van der Waals surface area contributed by atoms with Crippen molar-refractivity contribution < 1.29 is 0 Å². The molecule has 6 rings (SSSR count). The molecule has 0 radical (unpaired) electrons. The molecule has 6 heteroatoms. The van der Waals surface area contributed by atoms with Gasteiger partial charge in [0.25, 0.3) is 0 Å². The molecular formula is C24H22N6. The van der Waals surface area contributed by atoms with Gasteiger partial charge in [0.05, 0.1) is 34.8 Å². The Labute approximate surface area is 174 Å². The molecule has 0 amide bonds. The lowest BCUT2D eigenvalue weighted by Gasteiger charge is -2.28. The third kappa shape index (κ3) is 2.84. The van der Waals surface area contributed by atoms with Gasteiger partial charge in [0.1, 0.15) is 5.69 Å². The van der Waals surface area contributed by atoms with Crippen LogP contribution in [0.4, 0.5) is 5.69 Å². The van der Waals surface area contributed by atoms with Crippen LogP contribution in [0.1, 0.15) is 19.3 Å². The predicted molar refractivity (Wildman–Crippen MR) is 120 cm³/mol. The van der Waals surface area contributed by atoms with Gasteiger partial charge in [0, 0.05) is 36.3 Å². The monoisotopic (exact) mass is 394 g/mol. The summed E-state index contributed by atoms with van der Waals surface area (Å²) in [5, 5.41) is 10.1. The molecule has 1 saturated heterocycles. The third-order valence-corrected chi connectivity index (χ3v) is 6.05. The lowest BCUT2D eigenvalue weighted by Crippen LogP contribution is -2.29. The molecule has 1 aromatic carbocycles. The van der Waals surface area contributed by atoms with Crippen LogP contribution in [0.5, 0.6) is 0 Å². The fraction of sp³-hybridized carbons (Fsp3) is 0.208. The van der Waals surface area contributed by atoms with Gasteiger partial charge in [-0.2, -0.15) is 5.10 Å². The lowest BCUT2D eigenvalue weighted by molar-refractivity contribution is 0.578. The molecule has 0 bridgehead atoms. The number of aromatic amines is 2. The summed E-state index contributed by atoms with van der Waals surface area (Å²) in [6.07, 6.45) is 11.4. The maximum absolute atomic E-state index is 4.64. The molecule has 1 aliphatic rings. The standard InChI is InChI=1S/C24H22N6/c1-2-10-30(11-3-1)23-15-26-14-22-18(23)13-21(27-22)24-19-12-17(4-5-20(19)28-29-24)16-6-8-25-9-7-16/h4-9,12-15,27H,1-3,10-11H2,(H,28,29). The van der Waals surface area contributed by atoms with Gasteiger partial charge in [-0.15, -0.1) is 0 Å². The first-order valence-electron chi connectivity index (χ1n) is 10.5. The van der Waals surface area contributed by atoms with E-state index in [2.05, 4.69) is 54.3 Å². The van der Waals surface area contributed by atoms with E-state index in [-0.39, 0.29) is 0 Å². The van der Waals surface area contributed by atoms with Crippen molar-refractivity contribution in [1.82, 2.24) is 25.1 Å². The Kier molecular flexibility index (Phi) is 4.01. The van der Waals surface area contributed by atoms with E-state index in [1.165, 1.54) is 30.3 Å². The number of anilines is 1. The van der Waals surface area contributed by atoms with E-state index in [4.69, 9.17) is 0 Å². The average molecular weight is 394 g/mol. The minimum absolute atomic E-state index is 0.932. The Morgan fingerprint density at radius 3 is 2.50 bits per heavy atom. The normalized spacial score (nSPS) is 14.6. The molecule has 1 fully saturated rings. The largest absolute Gasteiger partial charge is 0.370 e. The first-order valence-corrected chi connectivity index (χ1v) is 10.5. The molecule has 5 aromatic rings. The van der Waals surface area contributed by atoms with Gasteiger partial charge in [-0.05, 0) is 60.7 Å². The fourth-order valence-electron chi connectivity index (χ4n) is 4.49. The highest BCUT2D eigenvalue weighted by atomic mass is 15.1. The molecule has 30 heavy (non-hydrogen) atoms. The zero-order chi connectivity index (χ0) is 19.9. The van der Waals surface area contributed by atoms with E-state index >= 15 is 0 Å². The first kappa shape index (κ1) is 17.2. The highest BCUT2D eigenvalue weighted by Crippen LogP contribution is 2.35. The Bertz CT molecular complexity index is 1330. The lowest BCUT2D eigenvalue weighted by atomic mass is 10.0. The second-order valence-corrected chi connectivity index (χ2v) is 7.92. The zero-order valence-electron chi connectivity index (χ0n) is 16.6. The SMILES string of the molecule is c1cc(-c2ccc3[nH]nc(-c4cc5c(N6CCCCC6)cncc5[nH]4)c3c2)ccn1. The van der Waals surface area contributed by atoms with Crippen LogP contribution in [0.25, 0.3) is 44.3 Å². The maximum Gasteiger partial charge on any atom is 0.116 e. The number of benzene rings is 1. The fourth-order valence-corrected chi connectivity index (χ4v) is 4.49. The van der Waals surface area contributed by atoms with Gasteiger partial charge < -0.3 is 9.88 Å². The topological polar surface area (TPSA) is 73.5 Å². The number of H-pyrrole nitrogens is 2. The van der Waals surface area contributed by atoms with Crippen LogP contribution in [-0.2, 0) is 0 Å². The molecule has 6 nitrogen and oxygen atoms in total. The van der Waals surface area contributed by atoms with Crippen LogP contribution in [0, 0.1) is 0 Å². The van der Waals surface area contributed by atoms with Crippen LogP contribution in [0.3, 0.4) is 0 Å². The number of hydrogen-bond donors (Lipinski definition) is 2. The van der Waals surface area contributed by atoms with Crippen molar-refractivity contribution in [3.05, 3.63) is 61.2 Å². The summed E-state index contributed by atoms with van der Waals surface area (Å²) in [4.78, 5) is 14.6. The number of rotatable bonds is 3.